The van der Waals surface area contributed by atoms with Gasteiger partial charge in [-0.25, -0.2) is 4.68 Å². The zero-order valence-corrected chi connectivity index (χ0v) is 14.7. The number of anilines is 1. The van der Waals surface area contributed by atoms with E-state index in [-0.39, 0.29) is 37.9 Å². The molecule has 0 spiro atoms. The van der Waals surface area contributed by atoms with Gasteiger partial charge in [-0.2, -0.15) is 10.4 Å². The van der Waals surface area contributed by atoms with Crippen molar-refractivity contribution in [1.29, 1.82) is 5.26 Å². The highest BCUT2D eigenvalue weighted by Gasteiger charge is 2.32. The van der Waals surface area contributed by atoms with E-state index in [1.165, 1.54) is 0 Å². The van der Waals surface area contributed by atoms with Crippen molar-refractivity contribution in [2.45, 2.75) is 18.2 Å². The molecule has 0 aliphatic carbocycles. The first-order chi connectivity index (χ1) is 11.6. The molecule has 0 aliphatic rings. The fourth-order valence-corrected chi connectivity index (χ4v) is 3.50. The van der Waals surface area contributed by atoms with E-state index in [2.05, 4.69) is 9.84 Å². The van der Waals surface area contributed by atoms with Gasteiger partial charge in [0.15, 0.2) is 5.69 Å². The Morgan fingerprint density at radius 2 is 1.96 bits per heavy atom. The molecule has 1 aromatic carbocycles. The van der Waals surface area contributed by atoms with Crippen LogP contribution in [-0.4, -0.2) is 26.1 Å². The predicted molar refractivity (Wildman–Crippen MR) is 86.3 cm³/mol. The molecule has 0 bridgehead atoms. The zero-order valence-electron chi connectivity index (χ0n) is 12.4. The molecule has 1 unspecified atom stereocenters. The molecule has 1 aromatic heterocycles. The fraction of sp³-hybridized carbons (Fsp3) is 0.231. The first-order valence-electron chi connectivity index (χ1n) is 6.51. The van der Waals surface area contributed by atoms with Gasteiger partial charge >= 0.3 is 6.36 Å². The maximum Gasteiger partial charge on any atom is 0.573 e. The molecule has 6 nitrogen and oxygen atoms in total. The van der Waals surface area contributed by atoms with E-state index in [4.69, 9.17) is 34.2 Å². The second-order valence-electron chi connectivity index (χ2n) is 4.50. The predicted octanol–water partition coefficient (Wildman–Crippen LogP) is 3.66. The molecule has 2 rings (SSSR count). The lowest BCUT2D eigenvalue weighted by molar-refractivity contribution is -0.274. The first kappa shape index (κ1) is 19.4. The topological polar surface area (TPSA) is 93.9 Å². The maximum absolute atomic E-state index is 12.3. The minimum Gasteiger partial charge on any atom is -0.406 e. The molecule has 0 amide bonds. The number of nitrogens with zero attached hydrogens (tertiary/aromatic N) is 3. The summed E-state index contributed by atoms with van der Waals surface area (Å²) in [5, 5.41) is 12.5. The van der Waals surface area contributed by atoms with Crippen LogP contribution in [0.3, 0.4) is 0 Å². The van der Waals surface area contributed by atoms with Gasteiger partial charge in [0.1, 0.15) is 28.2 Å². The molecule has 1 heterocycles. The number of nitriles is 1. The second-order valence-corrected chi connectivity index (χ2v) is 7.00. The number of nitrogens with two attached hydrogens (primary N) is 1. The number of ether oxygens (including phenoxy) is 1. The monoisotopic (exact) mass is 412 g/mol. The van der Waals surface area contributed by atoms with Crippen molar-refractivity contribution in [2.24, 2.45) is 0 Å². The van der Waals surface area contributed by atoms with Crippen molar-refractivity contribution in [3.05, 3.63) is 27.9 Å². The molecule has 0 saturated heterocycles. The summed E-state index contributed by atoms with van der Waals surface area (Å²) in [5.41, 5.74) is 5.64. The summed E-state index contributed by atoms with van der Waals surface area (Å²) in [7, 11) is -1.59. The lowest BCUT2D eigenvalue weighted by Crippen LogP contribution is -2.17. The molecule has 0 fully saturated rings. The van der Waals surface area contributed by atoms with Crippen LogP contribution in [0.4, 0.5) is 19.0 Å². The molecule has 134 valence electrons. The largest absolute Gasteiger partial charge is 0.573 e. The molecule has 1 atom stereocenters. The Morgan fingerprint density at radius 3 is 2.40 bits per heavy atom. The van der Waals surface area contributed by atoms with Crippen LogP contribution in [0.15, 0.2) is 17.0 Å². The van der Waals surface area contributed by atoms with Crippen LogP contribution in [0.2, 0.25) is 10.0 Å². The van der Waals surface area contributed by atoms with Crippen molar-refractivity contribution in [3.8, 4) is 17.5 Å². The smallest absolute Gasteiger partial charge is 0.406 e. The van der Waals surface area contributed by atoms with Gasteiger partial charge in [-0.3, -0.25) is 4.21 Å². The molecule has 2 aromatic rings. The van der Waals surface area contributed by atoms with Crippen molar-refractivity contribution in [2.75, 3.05) is 11.5 Å². The average molecular weight is 413 g/mol. The van der Waals surface area contributed by atoms with Crippen molar-refractivity contribution in [1.82, 2.24) is 9.78 Å². The van der Waals surface area contributed by atoms with E-state index < -0.39 is 22.9 Å². The Kier molecular flexibility index (Phi) is 5.51. The Balaban J connectivity index is 2.62. The van der Waals surface area contributed by atoms with E-state index in [0.717, 1.165) is 16.8 Å². The fourth-order valence-electron chi connectivity index (χ4n) is 1.97. The average Bonchev–Trinajstić information content (AvgIpc) is 2.81. The summed E-state index contributed by atoms with van der Waals surface area (Å²) in [6, 6.07) is 3.51. The quantitative estimate of drug-likeness (QED) is 0.826. The summed E-state index contributed by atoms with van der Waals surface area (Å²) in [5.74, 6) is -0.593. The number of aromatic nitrogens is 2. The Hall–Kier alpha value is -1.96. The SMILES string of the molecule is CCS(=O)c1c(C#N)nn(-c2c(Cl)cc(OC(F)(F)F)cc2Cl)c1N. The summed E-state index contributed by atoms with van der Waals surface area (Å²) in [6.45, 7) is 1.62. The highest BCUT2D eigenvalue weighted by molar-refractivity contribution is 7.85. The van der Waals surface area contributed by atoms with Gasteiger partial charge in [-0.15, -0.1) is 13.2 Å². The van der Waals surface area contributed by atoms with Crippen LogP contribution in [0.25, 0.3) is 5.69 Å². The minimum absolute atomic E-state index is 0.00718. The van der Waals surface area contributed by atoms with Crippen LogP contribution in [0.5, 0.6) is 5.75 Å². The third-order valence-electron chi connectivity index (χ3n) is 2.91. The standard InChI is InChI=1S/C13H9Cl2F3N4O2S/c1-2-25(23)11-9(5-19)21-22(12(11)20)10-7(14)3-6(4-8(10)15)24-13(16,17)18/h3-4H,2,20H2,1H3. The lowest BCUT2D eigenvalue weighted by Gasteiger charge is -2.13. The number of hydrogen-bond acceptors (Lipinski definition) is 5. The van der Waals surface area contributed by atoms with Gasteiger partial charge in [0.2, 0.25) is 0 Å². The van der Waals surface area contributed by atoms with Gasteiger partial charge in [0.05, 0.1) is 20.8 Å². The number of hydrogen-bond donors (Lipinski definition) is 1. The highest BCUT2D eigenvalue weighted by Crippen LogP contribution is 2.37. The van der Waals surface area contributed by atoms with Gasteiger partial charge in [0.25, 0.3) is 0 Å². The summed E-state index contributed by atoms with van der Waals surface area (Å²) in [4.78, 5) is 0.00718. The van der Waals surface area contributed by atoms with Crippen LogP contribution in [-0.2, 0) is 10.8 Å². The molecule has 25 heavy (non-hydrogen) atoms. The van der Waals surface area contributed by atoms with Crippen molar-refractivity contribution < 1.29 is 22.1 Å². The van der Waals surface area contributed by atoms with Crippen LogP contribution < -0.4 is 10.5 Å². The molecule has 2 N–H and O–H groups in total. The van der Waals surface area contributed by atoms with E-state index in [0.29, 0.717) is 0 Å². The Morgan fingerprint density at radius 1 is 1.40 bits per heavy atom. The molecule has 12 heteroatoms. The first-order valence-corrected chi connectivity index (χ1v) is 8.58. The van der Waals surface area contributed by atoms with E-state index in [1.807, 2.05) is 0 Å². The summed E-state index contributed by atoms with van der Waals surface area (Å²) in [6.07, 6.45) is -4.92. The van der Waals surface area contributed by atoms with Gasteiger partial charge in [-0.05, 0) is 0 Å². The molecule has 0 saturated carbocycles. The molecule has 0 aliphatic heterocycles. The molecule has 0 radical (unpaired) electrons. The number of benzene rings is 1. The maximum atomic E-state index is 12.3. The summed E-state index contributed by atoms with van der Waals surface area (Å²) >= 11 is 12.0. The third-order valence-corrected chi connectivity index (χ3v) is 4.87. The van der Waals surface area contributed by atoms with Crippen molar-refractivity contribution in [3.63, 3.8) is 0 Å². The second kappa shape index (κ2) is 7.11. The number of rotatable bonds is 4. The van der Waals surface area contributed by atoms with Crippen molar-refractivity contribution >= 4 is 39.8 Å². The van der Waals surface area contributed by atoms with Gasteiger partial charge < -0.3 is 10.5 Å². The van der Waals surface area contributed by atoms with E-state index in [9.17, 15) is 17.4 Å². The Labute approximate surface area is 152 Å². The van der Waals surface area contributed by atoms with E-state index >= 15 is 0 Å². The van der Waals surface area contributed by atoms with Gasteiger partial charge in [0, 0.05) is 17.9 Å². The van der Waals surface area contributed by atoms with Crippen LogP contribution in [0, 0.1) is 11.3 Å². The normalized spacial score (nSPS) is 12.7. The Bertz CT molecular complexity index is 870. The third kappa shape index (κ3) is 4.00. The minimum atomic E-state index is -4.92. The molecular formula is C13H9Cl2F3N4O2S. The van der Waals surface area contributed by atoms with Crippen LogP contribution >= 0.6 is 23.2 Å². The lowest BCUT2D eigenvalue weighted by atomic mass is 10.3. The van der Waals surface area contributed by atoms with Crippen LogP contribution in [0.1, 0.15) is 12.6 Å². The van der Waals surface area contributed by atoms with Gasteiger partial charge in [-0.1, -0.05) is 30.1 Å². The number of alkyl halides is 3. The van der Waals surface area contributed by atoms with E-state index in [1.54, 1.807) is 13.0 Å². The zero-order chi connectivity index (χ0) is 18.9. The number of nitrogen functional groups attached to an aromatic ring is 1. The summed E-state index contributed by atoms with van der Waals surface area (Å²) < 4.78 is 53.7. The number of halogens is 5. The highest BCUT2D eigenvalue weighted by atomic mass is 35.5. The molecular weight excluding hydrogens is 404 g/mol.